The number of hydrogen-bond acceptors (Lipinski definition) is 2. The lowest BCUT2D eigenvalue weighted by Crippen LogP contribution is -2.24. The molecule has 1 saturated carbocycles. The highest BCUT2D eigenvalue weighted by atomic mass is 16.5. The summed E-state index contributed by atoms with van der Waals surface area (Å²) in [4.78, 5) is 2.64. The van der Waals surface area contributed by atoms with E-state index in [0.29, 0.717) is 0 Å². The molecule has 2 heteroatoms. The summed E-state index contributed by atoms with van der Waals surface area (Å²) in [6.07, 6.45) is 5.57. The fourth-order valence-corrected chi connectivity index (χ4v) is 3.51. The Morgan fingerprint density at radius 2 is 1.78 bits per heavy atom. The first-order valence-corrected chi connectivity index (χ1v) is 7.32. The second-order valence-electron chi connectivity index (χ2n) is 5.73. The number of rotatable bonds is 5. The molecular weight excluding hydrogens is 222 g/mol. The van der Waals surface area contributed by atoms with Crippen molar-refractivity contribution in [3.05, 3.63) is 30.3 Å². The van der Waals surface area contributed by atoms with Crippen LogP contribution in [0.3, 0.4) is 0 Å². The highest BCUT2D eigenvalue weighted by Gasteiger charge is 2.35. The van der Waals surface area contributed by atoms with E-state index in [0.717, 1.165) is 30.6 Å². The van der Waals surface area contributed by atoms with Gasteiger partial charge in [-0.25, -0.2) is 0 Å². The first kappa shape index (κ1) is 12.0. The minimum absolute atomic E-state index is 0.843. The molecule has 2 fully saturated rings. The van der Waals surface area contributed by atoms with E-state index in [1.165, 1.54) is 38.9 Å². The van der Waals surface area contributed by atoms with E-state index in [1.807, 2.05) is 30.3 Å². The van der Waals surface area contributed by atoms with Gasteiger partial charge in [0.2, 0.25) is 0 Å². The molecule has 2 atom stereocenters. The van der Waals surface area contributed by atoms with Gasteiger partial charge in [-0.1, -0.05) is 24.6 Å². The minimum atomic E-state index is 0.843. The summed E-state index contributed by atoms with van der Waals surface area (Å²) >= 11 is 0. The number of fused-ring (bicyclic) bond motifs is 1. The predicted octanol–water partition coefficient (Wildman–Crippen LogP) is 3.19. The van der Waals surface area contributed by atoms with Gasteiger partial charge < -0.3 is 9.64 Å². The smallest absolute Gasteiger partial charge is 0.119 e. The highest BCUT2D eigenvalue weighted by molar-refractivity contribution is 5.20. The fraction of sp³-hybridized carbons (Fsp3) is 0.625. The summed E-state index contributed by atoms with van der Waals surface area (Å²) in [5.41, 5.74) is 0. The summed E-state index contributed by atoms with van der Waals surface area (Å²) in [5, 5.41) is 0. The molecule has 0 amide bonds. The molecule has 1 saturated heterocycles. The van der Waals surface area contributed by atoms with Crippen LogP contribution < -0.4 is 4.74 Å². The van der Waals surface area contributed by atoms with Crippen LogP contribution in [0.5, 0.6) is 5.75 Å². The van der Waals surface area contributed by atoms with Crippen LogP contribution in [0, 0.1) is 11.8 Å². The van der Waals surface area contributed by atoms with Crippen molar-refractivity contribution in [3.8, 4) is 5.75 Å². The number of hydrogen-bond donors (Lipinski definition) is 0. The molecule has 0 N–H and O–H groups in total. The van der Waals surface area contributed by atoms with Crippen molar-refractivity contribution in [3.63, 3.8) is 0 Å². The van der Waals surface area contributed by atoms with Crippen LogP contribution in [0.25, 0.3) is 0 Å². The average molecular weight is 245 g/mol. The van der Waals surface area contributed by atoms with Gasteiger partial charge in [0.15, 0.2) is 0 Å². The quantitative estimate of drug-likeness (QED) is 0.739. The molecule has 1 aromatic carbocycles. The molecule has 0 unspecified atom stereocenters. The Balaban J connectivity index is 1.34. The third kappa shape index (κ3) is 2.86. The zero-order valence-corrected chi connectivity index (χ0v) is 11.1. The number of likely N-dealkylation sites (tertiary alicyclic amines) is 1. The molecule has 0 spiro atoms. The topological polar surface area (TPSA) is 12.5 Å². The van der Waals surface area contributed by atoms with Crippen molar-refractivity contribution in [1.29, 1.82) is 0 Å². The fourth-order valence-electron chi connectivity index (χ4n) is 3.51. The van der Waals surface area contributed by atoms with E-state index in [1.54, 1.807) is 0 Å². The summed E-state index contributed by atoms with van der Waals surface area (Å²) in [6, 6.07) is 10.1. The van der Waals surface area contributed by atoms with Crippen molar-refractivity contribution >= 4 is 0 Å². The van der Waals surface area contributed by atoms with E-state index < -0.39 is 0 Å². The zero-order chi connectivity index (χ0) is 12.2. The van der Waals surface area contributed by atoms with Crippen LogP contribution in [0.15, 0.2) is 30.3 Å². The molecular formula is C16H23NO. The van der Waals surface area contributed by atoms with E-state index >= 15 is 0 Å². The maximum absolute atomic E-state index is 5.73. The van der Waals surface area contributed by atoms with Crippen LogP contribution in [0.4, 0.5) is 0 Å². The molecule has 98 valence electrons. The first-order valence-electron chi connectivity index (χ1n) is 7.32. The summed E-state index contributed by atoms with van der Waals surface area (Å²) < 4.78 is 5.73. The van der Waals surface area contributed by atoms with Gasteiger partial charge in [0.1, 0.15) is 5.75 Å². The van der Waals surface area contributed by atoms with Gasteiger partial charge in [0.25, 0.3) is 0 Å². The molecule has 1 heterocycles. The van der Waals surface area contributed by atoms with E-state index in [9.17, 15) is 0 Å². The maximum Gasteiger partial charge on any atom is 0.119 e. The van der Waals surface area contributed by atoms with Crippen molar-refractivity contribution in [1.82, 2.24) is 4.90 Å². The van der Waals surface area contributed by atoms with Gasteiger partial charge in [-0.2, -0.15) is 0 Å². The van der Waals surface area contributed by atoms with Gasteiger partial charge in [-0.05, 0) is 43.2 Å². The molecule has 0 bridgehead atoms. The predicted molar refractivity (Wildman–Crippen MR) is 73.8 cm³/mol. The number of benzene rings is 1. The van der Waals surface area contributed by atoms with Crippen LogP contribution in [-0.2, 0) is 0 Å². The Hall–Kier alpha value is -1.02. The molecule has 3 rings (SSSR count). The highest BCUT2D eigenvalue weighted by Crippen LogP contribution is 2.37. The van der Waals surface area contributed by atoms with Gasteiger partial charge in [-0.15, -0.1) is 0 Å². The second-order valence-corrected chi connectivity index (χ2v) is 5.73. The molecule has 1 aromatic rings. The third-order valence-corrected chi connectivity index (χ3v) is 4.43. The van der Waals surface area contributed by atoms with Crippen LogP contribution >= 0.6 is 0 Å². The molecule has 18 heavy (non-hydrogen) atoms. The van der Waals surface area contributed by atoms with Crippen LogP contribution in [0.1, 0.15) is 25.7 Å². The molecule has 1 aliphatic heterocycles. The largest absolute Gasteiger partial charge is 0.494 e. The lowest BCUT2D eigenvalue weighted by Gasteiger charge is -2.16. The standard InChI is InChI=1S/C16H23NO/c1-2-8-16(9-3-1)18-11-5-10-17-12-14-6-4-7-15(14)13-17/h1-3,8-9,14-15H,4-7,10-13H2/t14-,15+. The van der Waals surface area contributed by atoms with Crippen LogP contribution in [-0.4, -0.2) is 31.1 Å². The number of ether oxygens (including phenoxy) is 1. The maximum atomic E-state index is 5.73. The molecule has 2 aliphatic rings. The lowest BCUT2D eigenvalue weighted by atomic mass is 10.0. The summed E-state index contributed by atoms with van der Waals surface area (Å²) in [5.74, 6) is 3.02. The Morgan fingerprint density at radius 3 is 2.50 bits per heavy atom. The molecule has 0 radical (unpaired) electrons. The molecule has 2 nitrogen and oxygen atoms in total. The Labute approximate surface area is 110 Å². The van der Waals surface area contributed by atoms with Crippen molar-refractivity contribution in [2.75, 3.05) is 26.2 Å². The van der Waals surface area contributed by atoms with Crippen molar-refractivity contribution in [2.24, 2.45) is 11.8 Å². The summed E-state index contributed by atoms with van der Waals surface area (Å²) in [7, 11) is 0. The average Bonchev–Trinajstić information content (AvgIpc) is 2.96. The molecule has 1 aliphatic carbocycles. The number of nitrogens with zero attached hydrogens (tertiary/aromatic N) is 1. The second kappa shape index (κ2) is 5.75. The SMILES string of the molecule is c1ccc(OCCCN2C[C@H]3CCC[C@H]3C2)cc1. The normalized spacial score (nSPS) is 27.3. The minimum Gasteiger partial charge on any atom is -0.494 e. The van der Waals surface area contributed by atoms with E-state index in [4.69, 9.17) is 4.74 Å². The van der Waals surface area contributed by atoms with Gasteiger partial charge >= 0.3 is 0 Å². The third-order valence-electron chi connectivity index (χ3n) is 4.43. The zero-order valence-electron chi connectivity index (χ0n) is 11.1. The Kier molecular flexibility index (Phi) is 3.84. The van der Waals surface area contributed by atoms with Gasteiger partial charge in [-0.3, -0.25) is 0 Å². The number of para-hydroxylation sites is 1. The Bertz CT molecular complexity index is 353. The van der Waals surface area contributed by atoms with Gasteiger partial charge in [0.05, 0.1) is 6.61 Å². The lowest BCUT2D eigenvalue weighted by molar-refractivity contribution is 0.253. The van der Waals surface area contributed by atoms with Crippen LogP contribution in [0.2, 0.25) is 0 Å². The summed E-state index contributed by atoms with van der Waals surface area (Å²) in [6.45, 7) is 4.74. The molecule has 0 aromatic heterocycles. The first-order chi connectivity index (χ1) is 8.92. The van der Waals surface area contributed by atoms with Gasteiger partial charge in [0, 0.05) is 19.6 Å². The van der Waals surface area contributed by atoms with E-state index in [-0.39, 0.29) is 0 Å². The van der Waals surface area contributed by atoms with E-state index in [2.05, 4.69) is 4.90 Å². The van der Waals surface area contributed by atoms with Crippen molar-refractivity contribution in [2.45, 2.75) is 25.7 Å². The monoisotopic (exact) mass is 245 g/mol. The van der Waals surface area contributed by atoms with Crippen molar-refractivity contribution < 1.29 is 4.74 Å². The Morgan fingerprint density at radius 1 is 1.06 bits per heavy atom.